The van der Waals surface area contributed by atoms with Crippen LogP contribution in [0.5, 0.6) is 0 Å². The Labute approximate surface area is 172 Å². The Balaban J connectivity index is 1.53. The zero-order valence-electron chi connectivity index (χ0n) is 15.4. The first kappa shape index (κ1) is 17.3. The lowest BCUT2D eigenvalue weighted by atomic mass is 10.0. The second kappa shape index (κ2) is 7.34. The molecule has 2 aromatic heterocycles. The summed E-state index contributed by atoms with van der Waals surface area (Å²) in [7, 11) is 0. The fraction of sp³-hybridized carbons (Fsp3) is 0.130. The summed E-state index contributed by atoms with van der Waals surface area (Å²) in [5, 5.41) is 12.3. The third-order valence-corrected chi connectivity index (χ3v) is 6.68. The molecule has 0 amide bonds. The second-order valence-corrected chi connectivity index (χ2v) is 8.66. The highest BCUT2D eigenvalue weighted by molar-refractivity contribution is 7.14. The summed E-state index contributed by atoms with van der Waals surface area (Å²) in [4.78, 5) is 6.15. The largest absolute Gasteiger partial charge is 0.231 e. The Kier molecular flexibility index (Phi) is 4.55. The summed E-state index contributed by atoms with van der Waals surface area (Å²) in [6.07, 6.45) is 0.893. The maximum atomic E-state index is 5.00. The molecule has 0 aliphatic carbocycles. The summed E-state index contributed by atoms with van der Waals surface area (Å²) in [6.45, 7) is 2.12. The average Bonchev–Trinajstić information content (AvgIpc) is 3.48. The summed E-state index contributed by atoms with van der Waals surface area (Å²) >= 11 is 3.40. The topological polar surface area (TPSA) is 28.5 Å². The molecule has 5 heteroatoms. The van der Waals surface area contributed by atoms with Crippen LogP contribution in [0.4, 0.5) is 5.13 Å². The predicted molar refractivity (Wildman–Crippen MR) is 119 cm³/mol. The van der Waals surface area contributed by atoms with E-state index in [0.717, 1.165) is 28.5 Å². The molecule has 2 aromatic carbocycles. The van der Waals surface area contributed by atoms with Gasteiger partial charge < -0.3 is 0 Å². The average molecular weight is 402 g/mol. The van der Waals surface area contributed by atoms with Crippen LogP contribution in [-0.2, 0) is 0 Å². The molecule has 138 valence electrons. The van der Waals surface area contributed by atoms with Gasteiger partial charge in [-0.15, -0.1) is 22.7 Å². The molecular formula is C23H19N3S2. The molecule has 0 radical (unpaired) electrons. The summed E-state index contributed by atoms with van der Waals surface area (Å²) < 4.78 is 0. The van der Waals surface area contributed by atoms with Crippen molar-refractivity contribution in [3.05, 3.63) is 93.5 Å². The van der Waals surface area contributed by atoms with Crippen molar-refractivity contribution in [1.82, 2.24) is 4.98 Å². The molecule has 3 heterocycles. The number of hydrogen-bond acceptors (Lipinski definition) is 5. The molecule has 0 spiro atoms. The van der Waals surface area contributed by atoms with Crippen molar-refractivity contribution in [1.29, 1.82) is 0 Å². The summed E-state index contributed by atoms with van der Waals surface area (Å²) in [5.74, 6) is 0. The van der Waals surface area contributed by atoms with Crippen LogP contribution in [0.25, 0.3) is 11.3 Å². The van der Waals surface area contributed by atoms with Gasteiger partial charge in [0.15, 0.2) is 0 Å². The van der Waals surface area contributed by atoms with Crippen molar-refractivity contribution in [2.75, 3.05) is 5.01 Å². The number of aromatic nitrogens is 1. The predicted octanol–water partition coefficient (Wildman–Crippen LogP) is 6.54. The molecule has 0 bridgehead atoms. The van der Waals surface area contributed by atoms with Crippen LogP contribution in [0.3, 0.4) is 0 Å². The number of hydrogen-bond donors (Lipinski definition) is 0. The van der Waals surface area contributed by atoms with Gasteiger partial charge in [-0.3, -0.25) is 0 Å². The van der Waals surface area contributed by atoms with Gasteiger partial charge in [-0.1, -0.05) is 66.2 Å². The van der Waals surface area contributed by atoms with E-state index in [1.165, 1.54) is 16.0 Å². The molecule has 1 aliphatic rings. The van der Waals surface area contributed by atoms with Crippen LogP contribution < -0.4 is 5.01 Å². The number of nitrogens with zero attached hydrogens (tertiary/aromatic N) is 3. The standard InChI is InChI=1S/C23H19N3S2/c1-16-9-11-18(12-10-16)21-14-19(22-8-5-13-27-22)25-26(21)23-24-20(15-28-23)17-6-3-2-4-7-17/h2-13,15,21H,14H2,1H3. The van der Waals surface area contributed by atoms with Crippen molar-refractivity contribution in [3.8, 4) is 11.3 Å². The minimum Gasteiger partial charge on any atom is -0.231 e. The molecule has 0 N–H and O–H groups in total. The van der Waals surface area contributed by atoms with Gasteiger partial charge in [0.1, 0.15) is 0 Å². The van der Waals surface area contributed by atoms with Crippen molar-refractivity contribution in [3.63, 3.8) is 0 Å². The molecule has 0 saturated heterocycles. The van der Waals surface area contributed by atoms with Crippen molar-refractivity contribution < 1.29 is 0 Å². The lowest BCUT2D eigenvalue weighted by Gasteiger charge is -2.21. The quantitative estimate of drug-likeness (QED) is 0.389. The fourth-order valence-electron chi connectivity index (χ4n) is 3.44. The van der Waals surface area contributed by atoms with E-state index in [9.17, 15) is 0 Å². The van der Waals surface area contributed by atoms with Gasteiger partial charge in [0.2, 0.25) is 5.13 Å². The molecule has 0 fully saturated rings. The Morgan fingerprint density at radius 3 is 2.50 bits per heavy atom. The summed E-state index contributed by atoms with van der Waals surface area (Å²) in [5.41, 5.74) is 5.82. The maximum absolute atomic E-state index is 5.00. The number of thiazole rings is 1. The Morgan fingerprint density at radius 2 is 1.75 bits per heavy atom. The van der Waals surface area contributed by atoms with Crippen molar-refractivity contribution in [2.45, 2.75) is 19.4 Å². The third-order valence-electron chi connectivity index (χ3n) is 4.94. The highest BCUT2D eigenvalue weighted by Crippen LogP contribution is 2.39. The molecule has 3 nitrogen and oxygen atoms in total. The Morgan fingerprint density at radius 1 is 0.929 bits per heavy atom. The molecule has 1 aliphatic heterocycles. The van der Waals surface area contributed by atoms with Crippen LogP contribution in [0.2, 0.25) is 0 Å². The Hall–Kier alpha value is -2.76. The van der Waals surface area contributed by atoms with Crippen LogP contribution >= 0.6 is 22.7 Å². The molecular weight excluding hydrogens is 382 g/mol. The monoisotopic (exact) mass is 401 g/mol. The maximum Gasteiger partial charge on any atom is 0.207 e. The van der Waals surface area contributed by atoms with Gasteiger partial charge in [0.25, 0.3) is 0 Å². The van der Waals surface area contributed by atoms with Crippen LogP contribution in [0.1, 0.15) is 28.5 Å². The number of aryl methyl sites for hydroxylation is 1. The lowest BCUT2D eigenvalue weighted by Crippen LogP contribution is -2.18. The van der Waals surface area contributed by atoms with Crippen LogP contribution in [0, 0.1) is 6.92 Å². The lowest BCUT2D eigenvalue weighted by molar-refractivity contribution is 0.706. The van der Waals surface area contributed by atoms with E-state index in [-0.39, 0.29) is 6.04 Å². The van der Waals surface area contributed by atoms with E-state index in [1.807, 2.05) is 18.2 Å². The first-order valence-electron chi connectivity index (χ1n) is 9.26. The van der Waals surface area contributed by atoms with Gasteiger partial charge in [-0.25, -0.2) is 9.99 Å². The molecule has 4 aromatic rings. The van der Waals surface area contributed by atoms with E-state index < -0.39 is 0 Å². The number of hydrazone groups is 1. The van der Waals surface area contributed by atoms with E-state index >= 15 is 0 Å². The zero-order chi connectivity index (χ0) is 18.9. The first-order valence-corrected chi connectivity index (χ1v) is 11.0. The first-order chi connectivity index (χ1) is 13.8. The fourth-order valence-corrected chi connectivity index (χ4v) is 4.99. The number of rotatable bonds is 4. The minimum absolute atomic E-state index is 0.174. The molecule has 0 saturated carbocycles. The van der Waals surface area contributed by atoms with Crippen molar-refractivity contribution >= 4 is 33.5 Å². The highest BCUT2D eigenvalue weighted by Gasteiger charge is 2.32. The van der Waals surface area contributed by atoms with Crippen LogP contribution in [-0.4, -0.2) is 10.7 Å². The van der Waals surface area contributed by atoms with Gasteiger partial charge in [0, 0.05) is 17.4 Å². The van der Waals surface area contributed by atoms with Gasteiger partial charge in [0.05, 0.1) is 22.3 Å². The number of thiophene rings is 1. The summed E-state index contributed by atoms with van der Waals surface area (Å²) in [6, 6.07) is 23.5. The van der Waals surface area contributed by atoms with Gasteiger partial charge in [-0.05, 0) is 23.9 Å². The third kappa shape index (κ3) is 3.28. The molecule has 1 atom stereocenters. The SMILES string of the molecule is Cc1ccc(C2CC(c3cccs3)=NN2c2nc(-c3ccccc3)cs2)cc1. The van der Waals surface area contributed by atoms with E-state index in [1.54, 1.807) is 22.7 Å². The molecule has 1 unspecified atom stereocenters. The van der Waals surface area contributed by atoms with Gasteiger partial charge >= 0.3 is 0 Å². The zero-order valence-corrected chi connectivity index (χ0v) is 17.1. The van der Waals surface area contributed by atoms with E-state index in [0.29, 0.717) is 0 Å². The minimum atomic E-state index is 0.174. The Bertz CT molecular complexity index is 1100. The van der Waals surface area contributed by atoms with E-state index in [4.69, 9.17) is 10.1 Å². The number of benzene rings is 2. The highest BCUT2D eigenvalue weighted by atomic mass is 32.1. The van der Waals surface area contributed by atoms with Crippen molar-refractivity contribution in [2.24, 2.45) is 5.10 Å². The second-order valence-electron chi connectivity index (χ2n) is 6.88. The van der Waals surface area contributed by atoms with Crippen LogP contribution in [0.15, 0.2) is 82.6 Å². The van der Waals surface area contributed by atoms with Gasteiger partial charge in [-0.2, -0.15) is 5.10 Å². The molecule has 28 heavy (non-hydrogen) atoms. The number of anilines is 1. The smallest absolute Gasteiger partial charge is 0.207 e. The van der Waals surface area contributed by atoms with E-state index in [2.05, 4.69) is 71.2 Å². The normalized spacial score (nSPS) is 16.4. The molecule has 5 rings (SSSR count).